The first-order valence-electron chi connectivity index (χ1n) is 14.3. The molecule has 3 N–H and O–H groups in total. The molecule has 2 aliphatic rings. The molecule has 2 aromatic carbocycles. The second kappa shape index (κ2) is 13.4. The number of carboxylic acid groups (broad SMARTS) is 1. The fraction of sp³-hybridized carbons (Fsp3) is 0.500. The highest BCUT2D eigenvalue weighted by Crippen LogP contribution is 2.39. The van der Waals surface area contributed by atoms with Crippen molar-refractivity contribution < 1.29 is 59.7 Å². The van der Waals surface area contributed by atoms with Crippen LogP contribution in [0.3, 0.4) is 0 Å². The SMILES string of the molecule is COc1cc(F)c(O[C@H]2CC[C@@](C)(C(=O)O)CC2)cc1C(=O)N[C@H]1C[C@H](OC)C[C@H]1C(=O)Nc1cccc(S(=O)(=O)C(F)(F)F)c1. The minimum absolute atomic E-state index is 0.102. The molecular formula is C30H34F4N2O9S. The summed E-state index contributed by atoms with van der Waals surface area (Å²) >= 11 is 0. The Balaban J connectivity index is 1.51. The molecule has 2 aliphatic carbocycles. The number of carbonyl (C=O) groups is 3. The topological polar surface area (TPSA) is 157 Å². The van der Waals surface area contributed by atoms with Gasteiger partial charge in [-0.25, -0.2) is 12.8 Å². The van der Waals surface area contributed by atoms with Crippen molar-refractivity contribution in [3.8, 4) is 11.5 Å². The average molecular weight is 675 g/mol. The van der Waals surface area contributed by atoms with Crippen LogP contribution < -0.4 is 20.1 Å². The van der Waals surface area contributed by atoms with Crippen molar-refractivity contribution in [1.29, 1.82) is 0 Å². The van der Waals surface area contributed by atoms with Gasteiger partial charge in [-0.15, -0.1) is 0 Å². The maximum absolute atomic E-state index is 15.0. The largest absolute Gasteiger partial charge is 0.501 e. The highest BCUT2D eigenvalue weighted by atomic mass is 32.2. The van der Waals surface area contributed by atoms with E-state index in [1.54, 1.807) is 6.92 Å². The van der Waals surface area contributed by atoms with Crippen molar-refractivity contribution in [2.24, 2.45) is 11.3 Å². The molecular weight excluding hydrogens is 640 g/mol. The van der Waals surface area contributed by atoms with E-state index in [0.717, 1.165) is 18.2 Å². The van der Waals surface area contributed by atoms with E-state index in [4.69, 9.17) is 14.2 Å². The van der Waals surface area contributed by atoms with Gasteiger partial charge < -0.3 is 30.0 Å². The van der Waals surface area contributed by atoms with Crippen molar-refractivity contribution in [3.63, 3.8) is 0 Å². The van der Waals surface area contributed by atoms with Crippen LogP contribution in [-0.4, -0.2) is 69.3 Å². The molecule has 11 nitrogen and oxygen atoms in total. The Morgan fingerprint density at radius 3 is 2.26 bits per heavy atom. The number of amides is 2. The lowest BCUT2D eigenvalue weighted by Gasteiger charge is -2.34. The number of nitrogens with one attached hydrogen (secondary N) is 2. The zero-order chi connectivity index (χ0) is 34.0. The number of aliphatic carboxylic acids is 1. The molecule has 16 heteroatoms. The summed E-state index contributed by atoms with van der Waals surface area (Å²) in [5.41, 5.74) is -6.74. The van der Waals surface area contributed by atoms with Crippen LogP contribution in [0.4, 0.5) is 23.2 Å². The number of halogens is 4. The molecule has 252 valence electrons. The number of hydrogen-bond acceptors (Lipinski definition) is 8. The Morgan fingerprint density at radius 1 is 1.00 bits per heavy atom. The maximum Gasteiger partial charge on any atom is 0.501 e. The minimum Gasteiger partial charge on any atom is -0.496 e. The van der Waals surface area contributed by atoms with Gasteiger partial charge in [-0.2, -0.15) is 13.2 Å². The van der Waals surface area contributed by atoms with Crippen LogP contribution >= 0.6 is 0 Å². The van der Waals surface area contributed by atoms with Crippen LogP contribution in [0.25, 0.3) is 0 Å². The van der Waals surface area contributed by atoms with Crippen molar-refractivity contribution in [1.82, 2.24) is 5.32 Å². The van der Waals surface area contributed by atoms with Gasteiger partial charge in [-0.05, 0) is 69.7 Å². The van der Waals surface area contributed by atoms with Crippen molar-refractivity contribution in [3.05, 3.63) is 47.8 Å². The van der Waals surface area contributed by atoms with E-state index < -0.39 is 73.4 Å². The number of anilines is 1. The summed E-state index contributed by atoms with van der Waals surface area (Å²) < 4.78 is 94.2. The normalized spacial score (nSPS) is 25.0. The van der Waals surface area contributed by atoms with Crippen molar-refractivity contribution >= 4 is 33.3 Å². The van der Waals surface area contributed by atoms with Gasteiger partial charge in [0, 0.05) is 24.9 Å². The van der Waals surface area contributed by atoms with Crippen LogP contribution in [0.5, 0.6) is 11.5 Å². The summed E-state index contributed by atoms with van der Waals surface area (Å²) in [6.07, 6.45) is 0.713. The van der Waals surface area contributed by atoms with Gasteiger partial charge in [0.15, 0.2) is 11.6 Å². The van der Waals surface area contributed by atoms with E-state index in [1.165, 1.54) is 26.4 Å². The quantitative estimate of drug-likeness (QED) is 0.304. The van der Waals surface area contributed by atoms with Crippen LogP contribution in [0, 0.1) is 17.2 Å². The smallest absolute Gasteiger partial charge is 0.496 e. The first-order valence-corrected chi connectivity index (χ1v) is 15.8. The van der Waals surface area contributed by atoms with E-state index in [9.17, 15) is 45.5 Å². The maximum atomic E-state index is 15.0. The lowest BCUT2D eigenvalue weighted by atomic mass is 9.75. The standard InChI is InChI=1S/C30H34F4N2O9S/c1-29(28(39)40)9-7-17(8-10-29)45-25-14-21(24(44-3)15-22(25)31)27(38)36-23-13-18(43-2)12-20(23)26(37)35-16-5-4-6-19(11-16)46(41,42)30(32,33)34/h4-6,11,14-15,17-18,20,23H,7-10,12-13H2,1-3H3,(H,35,37)(H,36,38)(H,39,40)/t17-,18-,20-,23+,29+/m1/s1. The number of benzene rings is 2. The Hall–Kier alpha value is -3.92. The van der Waals surface area contributed by atoms with E-state index in [1.807, 2.05) is 0 Å². The molecule has 0 unspecified atom stereocenters. The minimum atomic E-state index is -5.66. The number of methoxy groups -OCH3 is 2. The van der Waals surface area contributed by atoms with Gasteiger partial charge in [0.2, 0.25) is 5.91 Å². The third-order valence-corrected chi connectivity index (χ3v) is 10.1. The number of rotatable bonds is 10. The Kier molecular flexibility index (Phi) is 10.2. The van der Waals surface area contributed by atoms with Gasteiger partial charge in [-0.3, -0.25) is 14.4 Å². The fourth-order valence-electron chi connectivity index (χ4n) is 5.70. The first-order chi connectivity index (χ1) is 21.5. The zero-order valence-corrected chi connectivity index (χ0v) is 26.0. The second-order valence-electron chi connectivity index (χ2n) is 11.6. The first kappa shape index (κ1) is 34.9. The molecule has 0 aromatic heterocycles. The molecule has 2 aromatic rings. The summed E-state index contributed by atoms with van der Waals surface area (Å²) in [6.45, 7) is 1.64. The Morgan fingerprint density at radius 2 is 1.67 bits per heavy atom. The van der Waals surface area contributed by atoms with Gasteiger partial charge in [0.25, 0.3) is 15.7 Å². The number of carboxylic acids is 1. The molecule has 0 heterocycles. The molecule has 0 spiro atoms. The predicted octanol–water partition coefficient (Wildman–Crippen LogP) is 4.70. The van der Waals surface area contributed by atoms with E-state index in [2.05, 4.69) is 10.6 Å². The fourth-order valence-corrected chi connectivity index (χ4v) is 6.51. The monoisotopic (exact) mass is 674 g/mol. The summed E-state index contributed by atoms with van der Waals surface area (Å²) in [5, 5.41) is 14.6. The summed E-state index contributed by atoms with van der Waals surface area (Å²) in [7, 11) is -3.01. The molecule has 2 fully saturated rings. The molecule has 0 saturated heterocycles. The third-order valence-electron chi connectivity index (χ3n) is 8.57. The predicted molar refractivity (Wildman–Crippen MR) is 155 cm³/mol. The molecule has 4 rings (SSSR count). The molecule has 0 aliphatic heterocycles. The highest BCUT2D eigenvalue weighted by molar-refractivity contribution is 7.92. The Labute approximate surface area is 262 Å². The number of sulfone groups is 1. The van der Waals surface area contributed by atoms with Crippen LogP contribution in [0.2, 0.25) is 0 Å². The van der Waals surface area contributed by atoms with Gasteiger partial charge in [0.05, 0.1) is 41.1 Å². The van der Waals surface area contributed by atoms with Crippen LogP contribution in [0.15, 0.2) is 41.3 Å². The molecule has 0 radical (unpaired) electrons. The zero-order valence-electron chi connectivity index (χ0n) is 25.1. The van der Waals surface area contributed by atoms with Crippen LogP contribution in [-0.2, 0) is 24.2 Å². The van der Waals surface area contributed by atoms with E-state index >= 15 is 0 Å². The van der Waals surface area contributed by atoms with Gasteiger partial charge in [-0.1, -0.05) is 6.07 Å². The summed E-state index contributed by atoms with van der Waals surface area (Å²) in [4.78, 5) is 37.3. The van der Waals surface area contributed by atoms with E-state index in [-0.39, 0.29) is 35.6 Å². The number of hydrogen-bond donors (Lipinski definition) is 3. The van der Waals surface area contributed by atoms with Crippen molar-refractivity contribution in [2.45, 2.75) is 74.1 Å². The molecule has 0 bridgehead atoms. The second-order valence-corrected chi connectivity index (χ2v) is 13.6. The number of ether oxygens (including phenoxy) is 3. The van der Waals surface area contributed by atoms with Gasteiger partial charge in [0.1, 0.15) is 5.75 Å². The number of alkyl halides is 3. The highest BCUT2D eigenvalue weighted by Gasteiger charge is 2.47. The lowest BCUT2D eigenvalue weighted by Crippen LogP contribution is -2.42. The lowest BCUT2D eigenvalue weighted by molar-refractivity contribution is -0.150. The molecule has 3 atom stereocenters. The molecule has 46 heavy (non-hydrogen) atoms. The molecule has 2 saturated carbocycles. The molecule has 2 amide bonds. The van der Waals surface area contributed by atoms with Crippen LogP contribution in [0.1, 0.15) is 55.8 Å². The van der Waals surface area contributed by atoms with Crippen molar-refractivity contribution in [2.75, 3.05) is 19.5 Å². The Bertz CT molecular complexity index is 1590. The number of carbonyl (C=O) groups excluding carboxylic acids is 2. The average Bonchev–Trinajstić information content (AvgIpc) is 3.41. The van der Waals surface area contributed by atoms with Gasteiger partial charge >= 0.3 is 11.5 Å². The van der Waals surface area contributed by atoms with E-state index in [0.29, 0.717) is 31.7 Å². The summed E-state index contributed by atoms with van der Waals surface area (Å²) in [6, 6.07) is 5.03. The summed E-state index contributed by atoms with van der Waals surface area (Å²) in [5.74, 6) is -4.45. The third kappa shape index (κ3) is 7.38.